The first-order valence-electron chi connectivity index (χ1n) is 10.3. The highest BCUT2D eigenvalue weighted by molar-refractivity contribution is 6.36. The maximum atomic E-state index is 14.2. The summed E-state index contributed by atoms with van der Waals surface area (Å²) in [5.41, 5.74) is 0.781. The van der Waals surface area contributed by atoms with E-state index in [1.165, 1.54) is 6.07 Å². The van der Waals surface area contributed by atoms with Crippen LogP contribution in [0.1, 0.15) is 24.8 Å². The van der Waals surface area contributed by atoms with E-state index < -0.39 is 5.82 Å². The molecule has 3 heterocycles. The van der Waals surface area contributed by atoms with E-state index in [1.807, 2.05) is 14.1 Å². The van der Waals surface area contributed by atoms with Gasteiger partial charge in [0.15, 0.2) is 0 Å². The van der Waals surface area contributed by atoms with Gasteiger partial charge in [0.05, 0.1) is 21.3 Å². The Morgan fingerprint density at radius 2 is 2.00 bits per heavy atom. The first-order valence-corrected chi connectivity index (χ1v) is 11.0. The number of anilines is 2. The minimum Gasteiger partial charge on any atom is -0.491 e. The number of fused-ring (bicyclic) bond motifs is 1. The number of likely N-dealkylation sites (N-methyl/N-ethyl adjacent to an activating group) is 1. The van der Waals surface area contributed by atoms with Crippen LogP contribution in [0.5, 0.6) is 5.75 Å². The topological polar surface area (TPSA) is 57.7 Å². The van der Waals surface area contributed by atoms with Gasteiger partial charge in [0.1, 0.15) is 24.0 Å². The SMILES string of the molecule is CN(C)C1(COc2ccc(F)c3c2CCC(=O)N3)CCN(c2ncc(Cl)cc2Cl)CC1. The largest absolute Gasteiger partial charge is 0.491 e. The fraction of sp³-hybridized carbons (Fsp3) is 0.455. The molecule has 6 nitrogen and oxygen atoms in total. The number of amides is 1. The van der Waals surface area contributed by atoms with Crippen LogP contribution in [0, 0.1) is 5.82 Å². The summed E-state index contributed by atoms with van der Waals surface area (Å²) in [4.78, 5) is 20.4. The zero-order valence-corrected chi connectivity index (χ0v) is 19.1. The van der Waals surface area contributed by atoms with Crippen molar-refractivity contribution in [1.29, 1.82) is 0 Å². The quantitative estimate of drug-likeness (QED) is 0.707. The fourth-order valence-corrected chi connectivity index (χ4v) is 4.77. The van der Waals surface area contributed by atoms with Crippen molar-refractivity contribution in [3.05, 3.63) is 45.8 Å². The molecule has 0 saturated carbocycles. The number of carbonyl (C=O) groups excluding carboxylic acids is 1. The van der Waals surface area contributed by atoms with E-state index in [-0.39, 0.29) is 17.1 Å². The lowest BCUT2D eigenvalue weighted by Crippen LogP contribution is -2.56. The fourth-order valence-electron chi connectivity index (χ4n) is 4.27. The molecule has 1 saturated heterocycles. The molecule has 1 aromatic heterocycles. The molecule has 1 aromatic carbocycles. The van der Waals surface area contributed by atoms with Crippen LogP contribution >= 0.6 is 23.2 Å². The molecule has 0 atom stereocenters. The van der Waals surface area contributed by atoms with E-state index in [0.29, 0.717) is 35.2 Å². The number of halogens is 3. The van der Waals surface area contributed by atoms with Crippen molar-refractivity contribution in [2.75, 3.05) is 44.0 Å². The van der Waals surface area contributed by atoms with Crippen LogP contribution in [-0.2, 0) is 11.2 Å². The van der Waals surface area contributed by atoms with Crippen LogP contribution in [-0.4, -0.2) is 55.1 Å². The lowest BCUT2D eigenvalue weighted by atomic mass is 9.87. The van der Waals surface area contributed by atoms with Crippen molar-refractivity contribution in [2.24, 2.45) is 0 Å². The summed E-state index contributed by atoms with van der Waals surface area (Å²) in [6.45, 7) is 2.00. The molecule has 4 rings (SSSR count). The average molecular weight is 467 g/mol. The first kappa shape index (κ1) is 22.1. The second kappa shape index (κ2) is 8.81. The Kier molecular flexibility index (Phi) is 6.28. The van der Waals surface area contributed by atoms with Crippen LogP contribution in [0.25, 0.3) is 0 Å². The molecule has 31 heavy (non-hydrogen) atoms. The summed E-state index contributed by atoms with van der Waals surface area (Å²) >= 11 is 12.3. The molecule has 0 aliphatic carbocycles. The first-order chi connectivity index (χ1) is 14.8. The number of pyridine rings is 1. The van der Waals surface area contributed by atoms with Gasteiger partial charge >= 0.3 is 0 Å². The molecule has 9 heteroatoms. The third kappa shape index (κ3) is 4.45. The zero-order chi connectivity index (χ0) is 22.2. The zero-order valence-electron chi connectivity index (χ0n) is 17.6. The molecular formula is C22H25Cl2FN4O2. The number of aromatic nitrogens is 1. The van der Waals surface area contributed by atoms with Crippen LogP contribution in [0.15, 0.2) is 24.4 Å². The van der Waals surface area contributed by atoms with Gasteiger partial charge < -0.3 is 19.9 Å². The van der Waals surface area contributed by atoms with E-state index >= 15 is 0 Å². The summed E-state index contributed by atoms with van der Waals surface area (Å²) in [6.07, 6.45) is 4.10. The van der Waals surface area contributed by atoms with Crippen molar-refractivity contribution in [2.45, 2.75) is 31.2 Å². The van der Waals surface area contributed by atoms with E-state index in [0.717, 1.165) is 37.3 Å². The van der Waals surface area contributed by atoms with Gasteiger partial charge in [-0.05, 0) is 51.6 Å². The van der Waals surface area contributed by atoms with E-state index in [1.54, 1.807) is 18.3 Å². The minimum absolute atomic E-state index is 0.171. The van der Waals surface area contributed by atoms with Gasteiger partial charge in [-0.25, -0.2) is 9.37 Å². The number of nitrogens with one attached hydrogen (secondary N) is 1. The summed E-state index contributed by atoms with van der Waals surface area (Å²) in [5, 5.41) is 3.69. The van der Waals surface area contributed by atoms with Gasteiger partial charge in [-0.3, -0.25) is 4.79 Å². The van der Waals surface area contributed by atoms with Crippen LogP contribution < -0.4 is 15.0 Å². The second-order valence-corrected chi connectivity index (χ2v) is 9.14. The van der Waals surface area contributed by atoms with Gasteiger partial charge in [0.25, 0.3) is 0 Å². The smallest absolute Gasteiger partial charge is 0.224 e. The molecule has 166 valence electrons. The Morgan fingerprint density at radius 1 is 1.26 bits per heavy atom. The summed E-state index contributed by atoms with van der Waals surface area (Å²) in [7, 11) is 4.10. The number of piperidine rings is 1. The van der Waals surface area contributed by atoms with Gasteiger partial charge in [0.2, 0.25) is 5.91 Å². The molecule has 2 aliphatic heterocycles. The van der Waals surface area contributed by atoms with Gasteiger partial charge in [-0.2, -0.15) is 0 Å². The van der Waals surface area contributed by atoms with Crippen LogP contribution in [0.3, 0.4) is 0 Å². The minimum atomic E-state index is -0.432. The Balaban J connectivity index is 1.48. The molecule has 1 N–H and O–H groups in total. The Labute approximate surface area is 191 Å². The van der Waals surface area contributed by atoms with Gasteiger partial charge in [0, 0.05) is 31.3 Å². The molecule has 2 aliphatic rings. The molecule has 0 unspecified atom stereocenters. The van der Waals surface area contributed by atoms with E-state index in [4.69, 9.17) is 27.9 Å². The normalized spacial score (nSPS) is 18.0. The summed E-state index contributed by atoms with van der Waals surface area (Å²) in [5.74, 6) is 0.763. The van der Waals surface area contributed by atoms with Crippen LogP contribution in [0.4, 0.5) is 15.9 Å². The highest BCUT2D eigenvalue weighted by atomic mass is 35.5. The lowest BCUT2D eigenvalue weighted by Gasteiger charge is -2.46. The average Bonchev–Trinajstić information content (AvgIpc) is 2.74. The number of nitrogens with zero attached hydrogens (tertiary/aromatic N) is 3. The molecule has 1 fully saturated rings. The predicted molar refractivity (Wildman–Crippen MR) is 121 cm³/mol. The number of ether oxygens (including phenoxy) is 1. The van der Waals surface area contributed by atoms with Crippen molar-refractivity contribution < 1.29 is 13.9 Å². The molecule has 0 radical (unpaired) electrons. The summed E-state index contributed by atoms with van der Waals surface area (Å²) in [6, 6.07) is 4.71. The Hall–Kier alpha value is -2.09. The highest BCUT2D eigenvalue weighted by Crippen LogP contribution is 2.37. The number of rotatable bonds is 5. The van der Waals surface area contributed by atoms with Crippen LogP contribution in [0.2, 0.25) is 10.0 Å². The third-order valence-electron chi connectivity index (χ3n) is 6.31. The predicted octanol–water partition coefficient (Wildman–Crippen LogP) is 4.39. The number of carbonyl (C=O) groups is 1. The number of hydrogen-bond donors (Lipinski definition) is 1. The van der Waals surface area contributed by atoms with Gasteiger partial charge in [-0.1, -0.05) is 23.2 Å². The number of benzene rings is 1. The van der Waals surface area contributed by atoms with Crippen molar-refractivity contribution in [3.63, 3.8) is 0 Å². The molecule has 1 amide bonds. The van der Waals surface area contributed by atoms with Crippen molar-refractivity contribution >= 4 is 40.6 Å². The third-order valence-corrected chi connectivity index (χ3v) is 6.80. The summed E-state index contributed by atoms with van der Waals surface area (Å²) < 4.78 is 20.4. The van der Waals surface area contributed by atoms with Gasteiger partial charge in [-0.15, -0.1) is 0 Å². The standard InChI is InChI=1S/C22H25Cl2FN4O2/c1-28(2)22(7-9-29(10-8-22)21-16(24)11-14(23)12-26-21)13-31-18-5-4-17(25)20-15(18)3-6-19(30)27-20/h4-5,11-12H,3,6-10,13H2,1-2H3,(H,27,30). The monoisotopic (exact) mass is 466 g/mol. The molecular weight excluding hydrogens is 442 g/mol. The second-order valence-electron chi connectivity index (χ2n) is 8.30. The lowest BCUT2D eigenvalue weighted by molar-refractivity contribution is -0.116. The highest BCUT2D eigenvalue weighted by Gasteiger charge is 2.38. The Morgan fingerprint density at radius 3 is 2.68 bits per heavy atom. The maximum Gasteiger partial charge on any atom is 0.224 e. The molecule has 0 spiro atoms. The van der Waals surface area contributed by atoms with E-state index in [9.17, 15) is 9.18 Å². The van der Waals surface area contributed by atoms with Crippen molar-refractivity contribution in [3.8, 4) is 5.75 Å². The molecule has 2 aromatic rings. The van der Waals surface area contributed by atoms with E-state index in [2.05, 4.69) is 20.1 Å². The number of hydrogen-bond acceptors (Lipinski definition) is 5. The maximum absolute atomic E-state index is 14.2. The Bertz CT molecular complexity index is 994. The molecule has 0 bridgehead atoms. The van der Waals surface area contributed by atoms with Crippen molar-refractivity contribution in [1.82, 2.24) is 9.88 Å².